The lowest BCUT2D eigenvalue weighted by Crippen LogP contribution is -2.39. The molecule has 1 heterocycles. The molecule has 6 heteroatoms. The van der Waals surface area contributed by atoms with E-state index in [9.17, 15) is 0 Å². The summed E-state index contributed by atoms with van der Waals surface area (Å²) < 4.78 is 5.64. The van der Waals surface area contributed by atoms with Gasteiger partial charge in [-0.2, -0.15) is 0 Å². The largest absolute Gasteiger partial charge is 0.493 e. The van der Waals surface area contributed by atoms with E-state index in [-0.39, 0.29) is 35.6 Å². The average Bonchev–Trinajstić information content (AvgIpc) is 2.43. The maximum absolute atomic E-state index is 5.98. The van der Waals surface area contributed by atoms with Crippen LogP contribution in [0.3, 0.4) is 0 Å². The van der Waals surface area contributed by atoms with E-state index in [0.717, 1.165) is 24.3 Å². The number of para-hydroxylation sites is 1. The third-order valence-corrected chi connectivity index (χ3v) is 3.33. The van der Waals surface area contributed by atoms with Crippen LogP contribution in [0.4, 0.5) is 0 Å². The van der Waals surface area contributed by atoms with E-state index in [1.165, 1.54) is 0 Å². The number of aliphatic imine (C=N–C) groups is 1. The summed E-state index contributed by atoms with van der Waals surface area (Å²) in [4.78, 5) is 4.37. The molecule has 0 saturated carbocycles. The van der Waals surface area contributed by atoms with Gasteiger partial charge in [0.1, 0.15) is 5.75 Å². The van der Waals surface area contributed by atoms with Crippen molar-refractivity contribution in [1.29, 1.82) is 0 Å². The molecule has 1 aliphatic heterocycles. The van der Waals surface area contributed by atoms with E-state index in [1.54, 1.807) is 0 Å². The summed E-state index contributed by atoms with van der Waals surface area (Å²) in [5.74, 6) is 1.43. The lowest BCUT2D eigenvalue weighted by atomic mass is 10.0. The number of nitrogens with two attached hydrogens (primary N) is 1. The van der Waals surface area contributed by atoms with Gasteiger partial charge in [0.25, 0.3) is 0 Å². The van der Waals surface area contributed by atoms with Crippen molar-refractivity contribution in [1.82, 2.24) is 10.6 Å². The topological polar surface area (TPSA) is 71.7 Å². The summed E-state index contributed by atoms with van der Waals surface area (Å²) in [5, 5.41) is 6.68. The van der Waals surface area contributed by atoms with E-state index >= 15 is 0 Å². The molecular formula is C16H27IN4O. The maximum atomic E-state index is 5.98. The Morgan fingerprint density at radius 1 is 1.36 bits per heavy atom. The second kappa shape index (κ2) is 8.57. The quantitative estimate of drug-likeness (QED) is 0.304. The Hall–Kier alpha value is -1.02. The zero-order valence-electron chi connectivity index (χ0n) is 13.6. The van der Waals surface area contributed by atoms with E-state index in [1.807, 2.05) is 18.2 Å². The smallest absolute Gasteiger partial charge is 0.189 e. The van der Waals surface area contributed by atoms with Crippen LogP contribution >= 0.6 is 24.0 Å². The molecule has 2 rings (SSSR count). The first kappa shape index (κ1) is 19.0. The molecule has 0 aromatic heterocycles. The van der Waals surface area contributed by atoms with Crippen LogP contribution in [0.2, 0.25) is 0 Å². The molecule has 0 aliphatic carbocycles. The molecule has 0 bridgehead atoms. The molecule has 124 valence electrons. The fraction of sp³-hybridized carbons (Fsp3) is 0.562. The zero-order valence-corrected chi connectivity index (χ0v) is 15.9. The first-order valence-corrected chi connectivity index (χ1v) is 7.49. The Morgan fingerprint density at radius 2 is 2.09 bits per heavy atom. The number of halogens is 1. The molecule has 0 saturated heterocycles. The van der Waals surface area contributed by atoms with Gasteiger partial charge in [-0.25, -0.2) is 0 Å². The van der Waals surface area contributed by atoms with E-state index < -0.39 is 0 Å². The van der Waals surface area contributed by atoms with Gasteiger partial charge in [-0.1, -0.05) is 18.2 Å². The van der Waals surface area contributed by atoms with Crippen LogP contribution in [-0.4, -0.2) is 31.2 Å². The van der Waals surface area contributed by atoms with Crippen LogP contribution < -0.4 is 21.1 Å². The van der Waals surface area contributed by atoms with Gasteiger partial charge in [0.05, 0.1) is 19.2 Å². The van der Waals surface area contributed by atoms with Gasteiger partial charge in [0.2, 0.25) is 0 Å². The molecule has 1 unspecified atom stereocenters. The minimum absolute atomic E-state index is 0. The van der Waals surface area contributed by atoms with Gasteiger partial charge in [-0.15, -0.1) is 24.0 Å². The van der Waals surface area contributed by atoms with Gasteiger partial charge in [0, 0.05) is 24.1 Å². The van der Waals surface area contributed by atoms with Crippen molar-refractivity contribution < 1.29 is 4.74 Å². The monoisotopic (exact) mass is 418 g/mol. The van der Waals surface area contributed by atoms with E-state index in [0.29, 0.717) is 19.1 Å². The predicted molar refractivity (Wildman–Crippen MR) is 102 cm³/mol. The van der Waals surface area contributed by atoms with Gasteiger partial charge < -0.3 is 21.1 Å². The summed E-state index contributed by atoms with van der Waals surface area (Å²) in [6, 6.07) is 8.23. The summed E-state index contributed by atoms with van der Waals surface area (Å²) >= 11 is 0. The molecule has 22 heavy (non-hydrogen) atoms. The van der Waals surface area contributed by atoms with E-state index in [4.69, 9.17) is 10.5 Å². The minimum atomic E-state index is 0. The van der Waals surface area contributed by atoms with Gasteiger partial charge in [-0.05, 0) is 26.8 Å². The molecule has 0 fully saturated rings. The number of benzene rings is 1. The van der Waals surface area contributed by atoms with Crippen molar-refractivity contribution in [3.05, 3.63) is 29.8 Å². The van der Waals surface area contributed by atoms with Crippen molar-refractivity contribution in [3.63, 3.8) is 0 Å². The Balaban J connectivity index is 0.00000242. The maximum Gasteiger partial charge on any atom is 0.189 e. The molecule has 1 atom stereocenters. The molecule has 5 nitrogen and oxygen atoms in total. The van der Waals surface area contributed by atoms with Crippen molar-refractivity contribution >= 4 is 29.9 Å². The summed E-state index contributed by atoms with van der Waals surface area (Å²) in [6.07, 6.45) is 0.896. The first-order valence-electron chi connectivity index (χ1n) is 7.49. The summed E-state index contributed by atoms with van der Waals surface area (Å²) in [6.45, 7) is 8.59. The molecule has 1 aliphatic rings. The number of ether oxygens (including phenoxy) is 1. The Bertz CT molecular complexity index is 499. The second-order valence-corrected chi connectivity index (χ2v) is 6.32. The molecule has 0 spiro atoms. The van der Waals surface area contributed by atoms with Crippen LogP contribution in [0.25, 0.3) is 0 Å². The third kappa shape index (κ3) is 6.00. The summed E-state index contributed by atoms with van der Waals surface area (Å²) in [5.41, 5.74) is 7.24. The predicted octanol–water partition coefficient (Wildman–Crippen LogP) is 2.42. The molecule has 1 aromatic carbocycles. The van der Waals surface area contributed by atoms with Gasteiger partial charge >= 0.3 is 0 Å². The van der Waals surface area contributed by atoms with Crippen molar-refractivity contribution in [2.45, 2.75) is 38.8 Å². The number of hydrogen-bond acceptors (Lipinski definition) is 3. The molecule has 1 aromatic rings. The highest BCUT2D eigenvalue weighted by molar-refractivity contribution is 14.0. The summed E-state index contributed by atoms with van der Waals surface area (Å²) in [7, 11) is 0. The lowest BCUT2D eigenvalue weighted by Gasteiger charge is -2.27. The van der Waals surface area contributed by atoms with Crippen molar-refractivity contribution in [2.75, 3.05) is 19.7 Å². The first-order chi connectivity index (χ1) is 9.96. The number of hydrogen-bond donors (Lipinski definition) is 3. The molecule has 4 N–H and O–H groups in total. The Morgan fingerprint density at radius 3 is 2.82 bits per heavy atom. The number of rotatable bonds is 4. The van der Waals surface area contributed by atoms with Crippen LogP contribution in [-0.2, 0) is 0 Å². The second-order valence-electron chi connectivity index (χ2n) is 6.32. The molecule has 0 radical (unpaired) electrons. The number of nitrogens with zero attached hydrogens (tertiary/aromatic N) is 1. The molecule has 0 amide bonds. The average molecular weight is 418 g/mol. The fourth-order valence-electron chi connectivity index (χ4n) is 2.32. The Kier molecular flexibility index (Phi) is 7.41. The lowest BCUT2D eigenvalue weighted by molar-refractivity contribution is 0.262. The number of nitrogens with one attached hydrogen (secondary N) is 2. The van der Waals surface area contributed by atoms with Crippen LogP contribution in [0.5, 0.6) is 5.75 Å². The Labute approximate surface area is 150 Å². The molecular weight excluding hydrogens is 391 g/mol. The minimum Gasteiger partial charge on any atom is -0.493 e. The zero-order chi connectivity index (χ0) is 15.3. The third-order valence-electron chi connectivity index (χ3n) is 3.33. The van der Waals surface area contributed by atoms with Crippen LogP contribution in [0, 0.1) is 0 Å². The van der Waals surface area contributed by atoms with Crippen LogP contribution in [0.15, 0.2) is 29.3 Å². The normalized spacial score (nSPS) is 18.0. The number of fused-ring (bicyclic) bond motifs is 1. The standard InChI is InChI=1S/C16H26N4O.HI/c1-16(2,3)19-10-9-18-15(17)20-13-8-11-21-14-7-5-4-6-12(13)14;/h4-7,13,19H,8-11H2,1-3H3,(H3,17,18,20);1H. The highest BCUT2D eigenvalue weighted by atomic mass is 127. The van der Waals surface area contributed by atoms with Gasteiger partial charge in [0.15, 0.2) is 5.96 Å². The van der Waals surface area contributed by atoms with Gasteiger partial charge in [-0.3, -0.25) is 4.99 Å². The van der Waals surface area contributed by atoms with Crippen LogP contribution in [0.1, 0.15) is 38.8 Å². The fourth-order valence-corrected chi connectivity index (χ4v) is 2.32. The highest BCUT2D eigenvalue weighted by Gasteiger charge is 2.21. The van der Waals surface area contributed by atoms with Crippen molar-refractivity contribution in [3.8, 4) is 5.75 Å². The highest BCUT2D eigenvalue weighted by Crippen LogP contribution is 2.31. The number of guanidine groups is 1. The SMILES string of the molecule is CC(C)(C)NCCN=C(N)NC1CCOc2ccccc21.I. The van der Waals surface area contributed by atoms with Crippen molar-refractivity contribution in [2.24, 2.45) is 10.7 Å². The van der Waals surface area contributed by atoms with E-state index in [2.05, 4.69) is 42.5 Å².